The molecule has 0 saturated carbocycles. The number of aromatic nitrogens is 2. The predicted octanol–water partition coefficient (Wildman–Crippen LogP) is 4.02. The van der Waals surface area contributed by atoms with Gasteiger partial charge in [-0.1, -0.05) is 29.8 Å². The minimum atomic E-state index is -4.88. The Morgan fingerprint density at radius 1 is 1.10 bits per heavy atom. The van der Waals surface area contributed by atoms with Gasteiger partial charge in [0.2, 0.25) is 0 Å². The number of ether oxygens (including phenoxy) is 3. The van der Waals surface area contributed by atoms with Crippen LogP contribution in [0.2, 0.25) is 5.02 Å². The molecule has 9 nitrogen and oxygen atoms in total. The maximum absolute atomic E-state index is 13.3. The Hall–Kier alpha value is -3.61. The van der Waals surface area contributed by atoms with Gasteiger partial charge in [-0.15, -0.1) is 13.2 Å². The Kier molecular flexibility index (Phi) is 9.33. The number of hydrogen-bond donors (Lipinski definition) is 1. The average molecular weight is 582 g/mol. The van der Waals surface area contributed by atoms with E-state index in [0.717, 1.165) is 22.3 Å². The van der Waals surface area contributed by atoms with Crippen molar-refractivity contribution in [1.29, 1.82) is 0 Å². The highest BCUT2D eigenvalue weighted by atomic mass is 35.5. The fraction of sp³-hybridized carbons (Fsp3) is 0.370. The first-order valence-electron chi connectivity index (χ1n) is 12.4. The van der Waals surface area contributed by atoms with Gasteiger partial charge in [0.1, 0.15) is 17.3 Å². The second kappa shape index (κ2) is 12.7. The van der Waals surface area contributed by atoms with E-state index in [1.54, 1.807) is 18.2 Å². The maximum Gasteiger partial charge on any atom is 0.573 e. The van der Waals surface area contributed by atoms with Crippen molar-refractivity contribution in [2.75, 3.05) is 19.8 Å². The van der Waals surface area contributed by atoms with Crippen molar-refractivity contribution in [2.24, 2.45) is 18.0 Å². The number of fused-ring (bicyclic) bond motifs is 1. The zero-order valence-corrected chi connectivity index (χ0v) is 22.2. The monoisotopic (exact) mass is 581 g/mol. The molecule has 1 unspecified atom stereocenters. The van der Waals surface area contributed by atoms with Gasteiger partial charge < -0.3 is 19.3 Å². The highest BCUT2D eigenvalue weighted by Gasteiger charge is 2.32. The van der Waals surface area contributed by atoms with E-state index in [2.05, 4.69) is 9.73 Å². The van der Waals surface area contributed by atoms with Gasteiger partial charge in [-0.3, -0.25) is 13.9 Å². The lowest BCUT2D eigenvalue weighted by Gasteiger charge is -2.19. The van der Waals surface area contributed by atoms with Crippen molar-refractivity contribution < 1.29 is 32.5 Å². The number of aliphatic imine (C=N–C) groups is 1. The summed E-state index contributed by atoms with van der Waals surface area (Å²) in [5, 5.41) is 9.42. The van der Waals surface area contributed by atoms with Crippen LogP contribution in [0, 0.1) is 5.92 Å². The molecule has 214 valence electrons. The van der Waals surface area contributed by atoms with Crippen molar-refractivity contribution in [1.82, 2.24) is 9.13 Å². The molecule has 4 rings (SSSR count). The van der Waals surface area contributed by atoms with Crippen molar-refractivity contribution in [3.05, 3.63) is 85.5 Å². The lowest BCUT2D eigenvalue weighted by Crippen LogP contribution is -2.41. The highest BCUT2D eigenvalue weighted by Crippen LogP contribution is 2.31. The average Bonchev–Trinajstić information content (AvgIpc) is 3.06. The number of nitrogens with zero attached hydrogens (tertiary/aromatic N) is 3. The van der Waals surface area contributed by atoms with Crippen LogP contribution in [0.4, 0.5) is 19.0 Å². The summed E-state index contributed by atoms with van der Waals surface area (Å²) in [5.41, 5.74) is 0.0282. The normalized spacial score (nSPS) is 15.2. The summed E-state index contributed by atoms with van der Waals surface area (Å²) in [6, 6.07) is 12.2. The highest BCUT2D eigenvalue weighted by molar-refractivity contribution is 6.30. The SMILES string of the molecule is Cn1c2c(c(=O)n(CCOCCO)c1=O)CCC(Cc1cccc(Cl)c1)C(Oc1cccc(OC(F)(F)F)c1)=N2. The van der Waals surface area contributed by atoms with Crippen LogP contribution in [-0.2, 0) is 31.2 Å². The van der Waals surface area contributed by atoms with Crippen molar-refractivity contribution in [2.45, 2.75) is 32.2 Å². The van der Waals surface area contributed by atoms with Crippen LogP contribution >= 0.6 is 11.6 Å². The molecule has 0 fully saturated rings. The molecule has 0 saturated heterocycles. The summed E-state index contributed by atoms with van der Waals surface area (Å²) in [6.45, 7) is -0.0666. The maximum atomic E-state index is 13.3. The van der Waals surface area contributed by atoms with Gasteiger partial charge in [0.25, 0.3) is 5.56 Å². The van der Waals surface area contributed by atoms with Gasteiger partial charge in [0, 0.05) is 24.1 Å². The lowest BCUT2D eigenvalue weighted by molar-refractivity contribution is -0.274. The Bertz CT molecular complexity index is 1500. The molecule has 13 heteroatoms. The van der Waals surface area contributed by atoms with Crippen LogP contribution in [0.25, 0.3) is 0 Å². The van der Waals surface area contributed by atoms with E-state index in [9.17, 15) is 22.8 Å². The van der Waals surface area contributed by atoms with E-state index in [0.29, 0.717) is 23.4 Å². The summed E-state index contributed by atoms with van der Waals surface area (Å²) in [4.78, 5) is 31.0. The Balaban J connectivity index is 1.74. The Labute approximate surface area is 232 Å². The van der Waals surface area contributed by atoms with Crippen LogP contribution in [-0.4, -0.2) is 46.3 Å². The molecule has 0 amide bonds. The fourth-order valence-electron chi connectivity index (χ4n) is 4.44. The van der Waals surface area contributed by atoms with Crippen LogP contribution in [0.15, 0.2) is 63.1 Å². The van der Waals surface area contributed by atoms with E-state index in [-0.39, 0.29) is 50.3 Å². The van der Waals surface area contributed by atoms with Gasteiger partial charge in [-0.05, 0) is 49.1 Å². The third-order valence-electron chi connectivity index (χ3n) is 6.24. The van der Waals surface area contributed by atoms with Gasteiger partial charge >= 0.3 is 12.1 Å². The number of aliphatic hydroxyl groups is 1. The van der Waals surface area contributed by atoms with Gasteiger partial charge in [-0.25, -0.2) is 4.79 Å². The topological polar surface area (TPSA) is 104 Å². The van der Waals surface area contributed by atoms with Crippen LogP contribution < -0.4 is 20.7 Å². The largest absolute Gasteiger partial charge is 0.573 e. The minimum Gasteiger partial charge on any atom is -0.442 e. The quantitative estimate of drug-likeness (QED) is 0.383. The van der Waals surface area contributed by atoms with Crippen LogP contribution in [0.1, 0.15) is 17.5 Å². The van der Waals surface area contributed by atoms with E-state index in [1.165, 1.54) is 23.7 Å². The molecule has 1 aliphatic heterocycles. The summed E-state index contributed by atoms with van der Waals surface area (Å²) in [6.07, 6.45) is -3.82. The molecule has 0 radical (unpaired) electrons. The number of alkyl halides is 3. The summed E-state index contributed by atoms with van der Waals surface area (Å²) in [5.74, 6) is -0.604. The molecule has 40 heavy (non-hydrogen) atoms. The van der Waals surface area contributed by atoms with E-state index < -0.39 is 29.3 Å². The molecular weight excluding hydrogens is 555 g/mol. The zero-order chi connectivity index (χ0) is 28.9. The van der Waals surface area contributed by atoms with E-state index >= 15 is 0 Å². The second-order valence-corrected chi connectivity index (χ2v) is 9.52. The molecule has 2 heterocycles. The number of halogens is 4. The summed E-state index contributed by atoms with van der Waals surface area (Å²) < 4.78 is 55.9. The molecule has 0 spiro atoms. The van der Waals surface area contributed by atoms with E-state index in [1.807, 2.05) is 6.07 Å². The van der Waals surface area contributed by atoms with Crippen molar-refractivity contribution in [3.8, 4) is 11.5 Å². The third-order valence-corrected chi connectivity index (χ3v) is 6.48. The first-order chi connectivity index (χ1) is 19.1. The molecule has 0 bridgehead atoms. The summed E-state index contributed by atoms with van der Waals surface area (Å²) >= 11 is 6.17. The predicted molar refractivity (Wildman–Crippen MR) is 142 cm³/mol. The molecule has 1 aromatic heterocycles. The molecule has 1 N–H and O–H groups in total. The summed E-state index contributed by atoms with van der Waals surface area (Å²) in [7, 11) is 1.47. The van der Waals surface area contributed by atoms with Crippen LogP contribution in [0.5, 0.6) is 11.5 Å². The van der Waals surface area contributed by atoms with E-state index in [4.69, 9.17) is 26.2 Å². The number of hydrogen-bond acceptors (Lipinski definition) is 7. The molecule has 1 aliphatic rings. The fourth-order valence-corrected chi connectivity index (χ4v) is 4.65. The third kappa shape index (κ3) is 7.32. The van der Waals surface area contributed by atoms with Crippen molar-refractivity contribution >= 4 is 23.3 Å². The standard InChI is InChI=1S/C27H27ClF3N3O6/c1-33-23-22(25(36)34(26(33)37)10-12-38-13-11-35)9-8-18(14-17-4-2-5-19(28)15-17)24(32-23)39-20-6-3-7-21(16-20)40-27(29,30)31/h2-7,15-16,18,35H,8-14H2,1H3. The Morgan fingerprint density at radius 3 is 2.58 bits per heavy atom. The second-order valence-electron chi connectivity index (χ2n) is 9.08. The molecule has 1 atom stereocenters. The molecule has 2 aromatic carbocycles. The van der Waals surface area contributed by atoms with Crippen LogP contribution in [0.3, 0.4) is 0 Å². The smallest absolute Gasteiger partial charge is 0.442 e. The molecule has 3 aromatic rings. The lowest BCUT2D eigenvalue weighted by atomic mass is 9.93. The molecular formula is C27H27ClF3N3O6. The zero-order valence-electron chi connectivity index (χ0n) is 21.5. The first-order valence-corrected chi connectivity index (χ1v) is 12.8. The minimum absolute atomic E-state index is 0.0101. The van der Waals surface area contributed by atoms with Gasteiger partial charge in [-0.2, -0.15) is 4.99 Å². The molecule has 0 aliphatic carbocycles. The Morgan fingerprint density at radius 2 is 1.85 bits per heavy atom. The number of benzene rings is 2. The number of aliphatic hydroxyl groups excluding tert-OH is 1. The van der Waals surface area contributed by atoms with Crippen molar-refractivity contribution in [3.63, 3.8) is 0 Å². The number of rotatable bonds is 9. The van der Waals surface area contributed by atoms with Gasteiger partial charge in [0.15, 0.2) is 5.90 Å². The van der Waals surface area contributed by atoms with Gasteiger partial charge in [0.05, 0.1) is 31.9 Å². The first kappa shape index (κ1) is 29.4.